The van der Waals surface area contributed by atoms with Crippen LogP contribution in [0.3, 0.4) is 0 Å². The van der Waals surface area contributed by atoms with Crippen molar-refractivity contribution in [3.05, 3.63) is 94.8 Å². The van der Waals surface area contributed by atoms with Crippen molar-refractivity contribution in [2.24, 2.45) is 5.73 Å². The van der Waals surface area contributed by atoms with E-state index in [-0.39, 0.29) is 17.6 Å². The molecule has 0 atom stereocenters. The molecule has 0 saturated heterocycles. The fraction of sp³-hybridized carbons (Fsp3) is 0.276. The molecule has 0 bridgehead atoms. The van der Waals surface area contributed by atoms with E-state index in [0.29, 0.717) is 12.8 Å². The summed E-state index contributed by atoms with van der Waals surface area (Å²) >= 11 is 0. The number of amides is 2. The van der Waals surface area contributed by atoms with Gasteiger partial charge in [-0.2, -0.15) is 0 Å². The van der Waals surface area contributed by atoms with Crippen LogP contribution in [-0.2, 0) is 9.59 Å². The molecule has 0 radical (unpaired) electrons. The predicted molar refractivity (Wildman–Crippen MR) is 137 cm³/mol. The van der Waals surface area contributed by atoms with E-state index in [4.69, 9.17) is 5.73 Å². The molecule has 5 heteroatoms. The highest BCUT2D eigenvalue weighted by molar-refractivity contribution is 5.91. The Morgan fingerprint density at radius 1 is 0.912 bits per heavy atom. The second kappa shape index (κ2) is 12.4. The van der Waals surface area contributed by atoms with Gasteiger partial charge in [-0.3, -0.25) is 9.59 Å². The highest BCUT2D eigenvalue weighted by Gasteiger charge is 2.15. The van der Waals surface area contributed by atoms with Gasteiger partial charge in [0.25, 0.3) is 0 Å². The lowest BCUT2D eigenvalue weighted by Gasteiger charge is -2.16. The molecule has 0 aromatic heterocycles. The third-order valence-electron chi connectivity index (χ3n) is 5.77. The standard InChI is InChI=1S/C29H32N2O3/c1-2-26(21-9-7-8-10-21)29(23-15-19-25(32)20-16-23)22-13-17-24(18-14-22)31-28(34)12-6-4-3-5-11-27(30)33/h7-9,13-20,32H,2-6,11-12H2,1H3,(H2,30,33)(H,31,34)/b29-26-. The van der Waals surface area contributed by atoms with Crippen LogP contribution in [0, 0.1) is 0 Å². The van der Waals surface area contributed by atoms with Gasteiger partial charge in [-0.1, -0.05) is 50.1 Å². The Labute approximate surface area is 201 Å². The third-order valence-corrected chi connectivity index (χ3v) is 5.77. The topological polar surface area (TPSA) is 92.4 Å². The van der Waals surface area contributed by atoms with E-state index in [9.17, 15) is 14.7 Å². The summed E-state index contributed by atoms with van der Waals surface area (Å²) in [5, 5.41) is 12.7. The van der Waals surface area contributed by atoms with Crippen molar-refractivity contribution in [1.29, 1.82) is 0 Å². The van der Waals surface area contributed by atoms with Crippen LogP contribution in [0.2, 0.25) is 0 Å². The zero-order valence-corrected chi connectivity index (χ0v) is 19.6. The monoisotopic (exact) mass is 456 g/mol. The smallest absolute Gasteiger partial charge is 0.224 e. The number of benzene rings is 2. The first-order valence-electron chi connectivity index (χ1n) is 11.8. The average Bonchev–Trinajstić information content (AvgIpc) is 3.35. The fourth-order valence-corrected chi connectivity index (χ4v) is 4.05. The number of phenolic OH excluding ortho intramolecular Hbond substituents is 1. The lowest BCUT2D eigenvalue weighted by Crippen LogP contribution is -2.11. The lowest BCUT2D eigenvalue weighted by atomic mass is 9.88. The van der Waals surface area contributed by atoms with E-state index in [1.54, 1.807) is 12.1 Å². The van der Waals surface area contributed by atoms with Gasteiger partial charge in [0.2, 0.25) is 11.8 Å². The molecule has 0 unspecified atom stereocenters. The maximum absolute atomic E-state index is 12.3. The first kappa shape index (κ1) is 24.8. The minimum Gasteiger partial charge on any atom is -0.508 e. The molecule has 2 aromatic carbocycles. The van der Waals surface area contributed by atoms with E-state index in [2.05, 4.69) is 24.0 Å². The van der Waals surface area contributed by atoms with Gasteiger partial charge in [-0.25, -0.2) is 0 Å². The number of unbranched alkanes of at least 4 members (excludes halogenated alkanes) is 3. The summed E-state index contributed by atoms with van der Waals surface area (Å²) in [6.45, 7) is 2.12. The number of carbonyl (C=O) groups excluding carboxylic acids is 2. The van der Waals surface area contributed by atoms with Crippen LogP contribution in [-0.4, -0.2) is 16.9 Å². The van der Waals surface area contributed by atoms with Gasteiger partial charge in [-0.05, 0) is 78.0 Å². The van der Waals surface area contributed by atoms with Crippen molar-refractivity contribution < 1.29 is 14.7 Å². The highest BCUT2D eigenvalue weighted by atomic mass is 16.3. The van der Waals surface area contributed by atoms with E-state index in [1.807, 2.05) is 48.6 Å². The molecule has 1 aliphatic carbocycles. The SMILES string of the molecule is CC/C(C1=C=CC=C1)=C(/c1ccc(O)cc1)c1ccc(NC(=O)CCCCCCC(N)=O)cc1. The molecule has 2 amide bonds. The normalized spacial score (nSPS) is 12.9. The average molecular weight is 457 g/mol. The van der Waals surface area contributed by atoms with Gasteiger partial charge in [0, 0.05) is 24.1 Å². The van der Waals surface area contributed by atoms with Crippen LogP contribution >= 0.6 is 0 Å². The molecule has 1 aliphatic rings. The second-order valence-electron chi connectivity index (χ2n) is 8.34. The third kappa shape index (κ3) is 7.09. The van der Waals surface area contributed by atoms with Crippen molar-refractivity contribution >= 4 is 23.1 Å². The summed E-state index contributed by atoms with van der Waals surface area (Å²) in [4.78, 5) is 23.1. The van der Waals surface area contributed by atoms with E-state index >= 15 is 0 Å². The number of aromatic hydroxyl groups is 1. The van der Waals surface area contributed by atoms with Gasteiger partial charge >= 0.3 is 0 Å². The highest BCUT2D eigenvalue weighted by Crippen LogP contribution is 2.34. The number of phenols is 1. The number of allylic oxidation sites excluding steroid dienone is 4. The number of hydrogen-bond acceptors (Lipinski definition) is 3. The summed E-state index contributed by atoms with van der Waals surface area (Å²) in [7, 11) is 0. The van der Waals surface area contributed by atoms with Crippen LogP contribution in [0.1, 0.15) is 63.0 Å². The Bertz CT molecular complexity index is 1130. The number of rotatable bonds is 12. The molecule has 2 aromatic rings. The molecule has 0 spiro atoms. The summed E-state index contributed by atoms with van der Waals surface area (Å²) in [6, 6.07) is 15.1. The number of nitrogens with one attached hydrogen (secondary N) is 1. The molecule has 0 saturated carbocycles. The molecular weight excluding hydrogens is 424 g/mol. The molecule has 0 heterocycles. The molecule has 0 aliphatic heterocycles. The molecule has 176 valence electrons. The number of anilines is 1. The Kier molecular flexibility index (Phi) is 9.07. The van der Waals surface area contributed by atoms with Gasteiger partial charge < -0.3 is 16.2 Å². The Morgan fingerprint density at radius 3 is 2.09 bits per heavy atom. The van der Waals surface area contributed by atoms with Crippen LogP contribution in [0.15, 0.2) is 83.6 Å². The molecule has 3 rings (SSSR count). The van der Waals surface area contributed by atoms with Crippen molar-refractivity contribution in [3.8, 4) is 5.75 Å². The Hall–Kier alpha value is -3.82. The second-order valence-corrected chi connectivity index (χ2v) is 8.34. The minimum atomic E-state index is -0.274. The van der Waals surface area contributed by atoms with Crippen molar-refractivity contribution in [3.63, 3.8) is 0 Å². The lowest BCUT2D eigenvalue weighted by molar-refractivity contribution is -0.118. The van der Waals surface area contributed by atoms with Crippen LogP contribution in [0.25, 0.3) is 5.57 Å². The zero-order chi connectivity index (χ0) is 24.3. The maximum Gasteiger partial charge on any atom is 0.224 e. The molecule has 34 heavy (non-hydrogen) atoms. The number of primary amides is 1. The summed E-state index contributed by atoms with van der Waals surface area (Å²) in [5.41, 5.74) is 14.6. The van der Waals surface area contributed by atoms with Gasteiger partial charge in [0.15, 0.2) is 0 Å². The summed E-state index contributed by atoms with van der Waals surface area (Å²) in [5.74, 6) is -0.0620. The summed E-state index contributed by atoms with van der Waals surface area (Å²) < 4.78 is 0. The summed E-state index contributed by atoms with van der Waals surface area (Å²) in [6.07, 6.45) is 11.0. The molecular formula is C29H32N2O3. The largest absolute Gasteiger partial charge is 0.508 e. The van der Waals surface area contributed by atoms with Crippen molar-refractivity contribution in [2.45, 2.75) is 51.9 Å². The van der Waals surface area contributed by atoms with Gasteiger partial charge in [0.1, 0.15) is 5.75 Å². The molecule has 4 N–H and O–H groups in total. The number of nitrogens with two attached hydrogens (primary N) is 1. The predicted octanol–water partition coefficient (Wildman–Crippen LogP) is 6.02. The number of hydrogen-bond donors (Lipinski definition) is 3. The minimum absolute atomic E-state index is 0.0161. The van der Waals surface area contributed by atoms with Gasteiger partial charge in [0.05, 0.1) is 0 Å². The van der Waals surface area contributed by atoms with E-state index < -0.39 is 0 Å². The fourth-order valence-electron chi connectivity index (χ4n) is 4.05. The molecule has 0 fully saturated rings. The van der Waals surface area contributed by atoms with E-state index in [0.717, 1.165) is 60.1 Å². The molecule has 5 nitrogen and oxygen atoms in total. The van der Waals surface area contributed by atoms with Crippen LogP contribution in [0.4, 0.5) is 5.69 Å². The Balaban J connectivity index is 1.71. The zero-order valence-electron chi connectivity index (χ0n) is 19.6. The first-order valence-corrected chi connectivity index (χ1v) is 11.8. The van der Waals surface area contributed by atoms with Crippen LogP contribution < -0.4 is 11.1 Å². The number of carbonyl (C=O) groups is 2. The quantitative estimate of drug-likeness (QED) is 0.269. The van der Waals surface area contributed by atoms with Crippen LogP contribution in [0.5, 0.6) is 5.75 Å². The van der Waals surface area contributed by atoms with Crippen molar-refractivity contribution in [1.82, 2.24) is 0 Å². The maximum atomic E-state index is 12.3. The van der Waals surface area contributed by atoms with Gasteiger partial charge in [-0.15, -0.1) is 5.73 Å². The Morgan fingerprint density at radius 2 is 1.53 bits per heavy atom. The first-order chi connectivity index (χ1) is 16.5. The van der Waals surface area contributed by atoms with Crippen molar-refractivity contribution in [2.75, 3.05) is 5.32 Å². The van der Waals surface area contributed by atoms with E-state index in [1.165, 1.54) is 5.57 Å².